The fourth-order valence-electron chi connectivity index (χ4n) is 7.09. The van der Waals surface area contributed by atoms with E-state index in [-0.39, 0.29) is 6.61 Å². The van der Waals surface area contributed by atoms with Gasteiger partial charge in [0, 0.05) is 7.11 Å². The summed E-state index contributed by atoms with van der Waals surface area (Å²) in [6.07, 6.45) is -40.0. The van der Waals surface area contributed by atoms with Crippen molar-refractivity contribution < 1.29 is 114 Å². The highest BCUT2D eigenvalue weighted by atomic mass is 16.8. The first kappa shape index (κ1) is 45.1. The van der Waals surface area contributed by atoms with Crippen LogP contribution >= 0.6 is 0 Å². The monoisotopic (exact) mass is 809 g/mol. The SMILES string of the molecule is COCC1O[C@@H](O[C@@H]2C(O)[C@H](O)OC(CO)[C@@H]2O)C(N)[C@@H](O[C@H]2OC(C)[C@@H](O)C(O)[C@@H]2O)[C@H]1O[C@@H]1OC(CO)[C@H](O)[C@H](O)C1O[C@@H]1OC(C)[C@H](O)[C@@H](O)C1O. The summed E-state index contributed by atoms with van der Waals surface area (Å²) in [5.41, 5.74) is 6.64. The molecule has 10 unspecified atom stereocenters. The first-order chi connectivity index (χ1) is 25.9. The third kappa shape index (κ3) is 9.28. The van der Waals surface area contributed by atoms with Gasteiger partial charge in [-0.05, 0) is 13.8 Å². The molecule has 5 rings (SSSR count). The third-order valence-corrected chi connectivity index (χ3v) is 10.5. The van der Waals surface area contributed by atoms with Crippen molar-refractivity contribution in [2.24, 2.45) is 5.73 Å². The summed E-state index contributed by atoms with van der Waals surface area (Å²) in [6, 6.07) is -1.59. The summed E-state index contributed by atoms with van der Waals surface area (Å²) in [5.74, 6) is 0. The number of rotatable bonds is 12. The summed E-state index contributed by atoms with van der Waals surface area (Å²) >= 11 is 0. The van der Waals surface area contributed by atoms with Crippen LogP contribution in [0, 0.1) is 0 Å². The maximum absolute atomic E-state index is 11.2. The molecule has 24 heteroatoms. The van der Waals surface area contributed by atoms with Crippen molar-refractivity contribution in [2.45, 2.75) is 167 Å². The minimum absolute atomic E-state index is 0.386. The van der Waals surface area contributed by atoms with E-state index in [0.29, 0.717) is 0 Å². The molecule has 5 aliphatic heterocycles. The Morgan fingerprint density at radius 2 is 0.909 bits per heavy atom. The first-order valence-corrected chi connectivity index (χ1v) is 17.8. The number of hydrogen-bond donors (Lipinski definition) is 14. The molecule has 0 bridgehead atoms. The zero-order valence-corrected chi connectivity index (χ0v) is 30.0. The minimum Gasteiger partial charge on any atom is -0.394 e. The van der Waals surface area contributed by atoms with Crippen LogP contribution in [0.3, 0.4) is 0 Å². The molecule has 0 saturated carbocycles. The molecule has 15 N–H and O–H groups in total. The van der Waals surface area contributed by atoms with Crippen LogP contribution in [0.4, 0.5) is 0 Å². The van der Waals surface area contributed by atoms with Crippen LogP contribution in [0.2, 0.25) is 0 Å². The molecule has 5 saturated heterocycles. The van der Waals surface area contributed by atoms with E-state index in [4.69, 9.17) is 53.1 Å². The lowest BCUT2D eigenvalue weighted by molar-refractivity contribution is -0.397. The molecule has 25 atom stereocenters. The van der Waals surface area contributed by atoms with Crippen LogP contribution in [0.5, 0.6) is 0 Å². The Bertz CT molecular complexity index is 1200. The fourth-order valence-corrected chi connectivity index (χ4v) is 7.09. The van der Waals surface area contributed by atoms with E-state index in [0.717, 1.165) is 0 Å². The molecule has 5 fully saturated rings. The molecule has 0 radical (unpaired) electrons. The fraction of sp³-hybridized carbons (Fsp3) is 1.00. The van der Waals surface area contributed by atoms with Gasteiger partial charge in [0.05, 0.1) is 38.1 Å². The van der Waals surface area contributed by atoms with Gasteiger partial charge in [0.2, 0.25) is 0 Å². The van der Waals surface area contributed by atoms with Crippen LogP contribution in [0.1, 0.15) is 13.8 Å². The number of nitrogens with two attached hydrogens (primary N) is 1. The zero-order valence-electron chi connectivity index (χ0n) is 30.0. The Balaban J connectivity index is 1.49. The molecule has 24 nitrogen and oxygen atoms in total. The molecule has 0 aromatic rings. The van der Waals surface area contributed by atoms with Crippen molar-refractivity contribution in [1.29, 1.82) is 0 Å². The van der Waals surface area contributed by atoms with Gasteiger partial charge < -0.3 is 119 Å². The molecular weight excluding hydrogens is 754 g/mol. The lowest BCUT2D eigenvalue weighted by Gasteiger charge is -2.51. The number of hydrogen-bond acceptors (Lipinski definition) is 24. The Morgan fingerprint density at radius 1 is 0.436 bits per heavy atom. The maximum Gasteiger partial charge on any atom is 0.187 e. The van der Waals surface area contributed by atoms with Gasteiger partial charge in [-0.15, -0.1) is 0 Å². The van der Waals surface area contributed by atoms with Crippen molar-refractivity contribution in [3.8, 4) is 0 Å². The third-order valence-electron chi connectivity index (χ3n) is 10.5. The number of ether oxygens (including phenoxy) is 10. The summed E-state index contributed by atoms with van der Waals surface area (Å²) in [7, 11) is 1.26. The van der Waals surface area contributed by atoms with Gasteiger partial charge in [-0.2, -0.15) is 0 Å². The van der Waals surface area contributed by atoms with E-state index in [9.17, 15) is 66.4 Å². The van der Waals surface area contributed by atoms with Crippen LogP contribution < -0.4 is 5.73 Å². The normalized spacial score (nSPS) is 53.9. The second-order valence-corrected chi connectivity index (χ2v) is 14.3. The number of aliphatic hydroxyl groups excluding tert-OH is 13. The summed E-state index contributed by atoms with van der Waals surface area (Å²) in [4.78, 5) is 0. The van der Waals surface area contributed by atoms with Crippen molar-refractivity contribution >= 4 is 0 Å². The van der Waals surface area contributed by atoms with E-state index in [1.807, 2.05) is 0 Å². The average molecular weight is 810 g/mol. The van der Waals surface area contributed by atoms with E-state index in [1.165, 1.54) is 21.0 Å². The number of methoxy groups -OCH3 is 1. The van der Waals surface area contributed by atoms with Gasteiger partial charge in [-0.3, -0.25) is 0 Å². The van der Waals surface area contributed by atoms with Gasteiger partial charge in [-0.25, -0.2) is 0 Å². The van der Waals surface area contributed by atoms with E-state index < -0.39 is 167 Å². The molecule has 0 aromatic heterocycles. The largest absolute Gasteiger partial charge is 0.394 e. The lowest BCUT2D eigenvalue weighted by Crippen LogP contribution is -2.70. The summed E-state index contributed by atoms with van der Waals surface area (Å²) in [6.45, 7) is 0.711. The Hall–Kier alpha value is -0.960. The predicted molar refractivity (Wildman–Crippen MR) is 170 cm³/mol. The summed E-state index contributed by atoms with van der Waals surface area (Å²) in [5, 5.41) is 136. The molecule has 0 spiro atoms. The molecule has 5 heterocycles. The van der Waals surface area contributed by atoms with Crippen LogP contribution in [-0.4, -0.2) is 247 Å². The number of aliphatic hydroxyl groups is 13. The molecule has 322 valence electrons. The Labute approximate surface area is 313 Å². The van der Waals surface area contributed by atoms with Gasteiger partial charge in [0.15, 0.2) is 31.5 Å². The molecule has 55 heavy (non-hydrogen) atoms. The topological polar surface area (TPSA) is 381 Å². The van der Waals surface area contributed by atoms with Crippen molar-refractivity contribution in [3.05, 3.63) is 0 Å². The molecule has 0 aliphatic carbocycles. The predicted octanol–water partition coefficient (Wildman–Crippen LogP) is -9.25. The first-order valence-electron chi connectivity index (χ1n) is 17.8. The van der Waals surface area contributed by atoms with Crippen LogP contribution in [0.25, 0.3) is 0 Å². The molecule has 0 aromatic carbocycles. The Kier molecular flexibility index (Phi) is 15.6. The van der Waals surface area contributed by atoms with Crippen molar-refractivity contribution in [1.82, 2.24) is 0 Å². The van der Waals surface area contributed by atoms with E-state index in [2.05, 4.69) is 0 Å². The molecular formula is C31H55NO23. The minimum atomic E-state index is -1.94. The highest BCUT2D eigenvalue weighted by Gasteiger charge is 2.57. The standard InChI is InChI=1S/C31H55NO23/c1-7-13(35)17(39)20(42)29(47-7)53-24-12(32)28(54-25-16(38)10(5-34)49-27(45)22(25)44)51-11(6-46-3)23(24)52-31-26(19(41)15(37)9(4-33)50-31)55-30-21(43)18(40)14(36)8(2)48-30/h7-31,33-45H,4-6,32H2,1-3H3/t7?,8?,9?,10?,11?,12?,13-,14+,15+,16+,17?,18-,19+,20+,21?,22?,23+,24-,25+,26?,27-,28+,29-,30+,31+/m1/s1. The van der Waals surface area contributed by atoms with E-state index in [1.54, 1.807) is 0 Å². The Morgan fingerprint density at radius 3 is 1.44 bits per heavy atom. The molecule has 5 aliphatic rings. The van der Waals surface area contributed by atoms with Crippen LogP contribution in [0.15, 0.2) is 0 Å². The van der Waals surface area contributed by atoms with E-state index >= 15 is 0 Å². The second-order valence-electron chi connectivity index (χ2n) is 14.3. The van der Waals surface area contributed by atoms with Crippen LogP contribution in [-0.2, 0) is 47.4 Å². The van der Waals surface area contributed by atoms with Crippen molar-refractivity contribution in [3.63, 3.8) is 0 Å². The molecule has 0 amide bonds. The van der Waals surface area contributed by atoms with Gasteiger partial charge in [-0.1, -0.05) is 0 Å². The smallest absolute Gasteiger partial charge is 0.187 e. The highest BCUT2D eigenvalue weighted by molar-refractivity contribution is 5.00. The van der Waals surface area contributed by atoms with Crippen molar-refractivity contribution in [2.75, 3.05) is 26.9 Å². The van der Waals surface area contributed by atoms with Gasteiger partial charge in [0.1, 0.15) is 104 Å². The second kappa shape index (κ2) is 19.0. The zero-order chi connectivity index (χ0) is 40.6. The quantitative estimate of drug-likeness (QED) is 0.0870. The van der Waals surface area contributed by atoms with Gasteiger partial charge in [0.25, 0.3) is 0 Å². The van der Waals surface area contributed by atoms with Gasteiger partial charge >= 0.3 is 0 Å². The summed E-state index contributed by atoms with van der Waals surface area (Å²) < 4.78 is 57.5. The lowest BCUT2D eigenvalue weighted by atomic mass is 9.94. The maximum atomic E-state index is 11.2. The highest BCUT2D eigenvalue weighted by Crippen LogP contribution is 2.36. The average Bonchev–Trinajstić information content (AvgIpc) is 3.16.